The molecule has 0 aliphatic carbocycles. The Labute approximate surface area is 135 Å². The summed E-state index contributed by atoms with van der Waals surface area (Å²) in [5, 5.41) is 0. The van der Waals surface area contributed by atoms with Gasteiger partial charge in [-0.2, -0.15) is 0 Å². The van der Waals surface area contributed by atoms with Crippen LogP contribution in [0.25, 0.3) is 0 Å². The monoisotopic (exact) mass is 329 g/mol. The highest BCUT2D eigenvalue weighted by Gasteiger charge is 2.24. The molecule has 6 heteroatoms. The van der Waals surface area contributed by atoms with Gasteiger partial charge in [-0.3, -0.25) is 9.69 Å². The van der Waals surface area contributed by atoms with Gasteiger partial charge in [-0.05, 0) is 18.6 Å². The van der Waals surface area contributed by atoms with Crippen molar-refractivity contribution < 1.29 is 4.79 Å². The maximum Gasteiger partial charge on any atom is 0.239 e. The predicted octanol–water partition coefficient (Wildman–Crippen LogP) is 2.56. The van der Waals surface area contributed by atoms with Gasteiger partial charge in [0.2, 0.25) is 5.91 Å². The SMILES string of the molecule is CCCCC(N)C(=O)N1CCN(Cc2ccc(Cl)s2)CC1. The van der Waals surface area contributed by atoms with E-state index in [1.807, 2.05) is 11.0 Å². The molecule has 0 aromatic carbocycles. The minimum absolute atomic E-state index is 0.113. The summed E-state index contributed by atoms with van der Waals surface area (Å²) in [4.78, 5) is 17.8. The standard InChI is InChI=1S/C15H24ClN3OS/c1-2-3-4-13(17)15(20)19-9-7-18(8-10-19)11-12-5-6-14(16)21-12/h5-6,13H,2-4,7-11,17H2,1H3. The van der Waals surface area contributed by atoms with Crippen molar-refractivity contribution in [3.8, 4) is 0 Å². The maximum atomic E-state index is 12.2. The first kappa shape index (κ1) is 16.7. The number of carbonyl (C=O) groups is 1. The molecule has 1 unspecified atom stereocenters. The third-order valence-electron chi connectivity index (χ3n) is 3.88. The molecule has 1 aliphatic rings. The molecule has 0 saturated carbocycles. The van der Waals surface area contributed by atoms with Crippen LogP contribution in [0, 0.1) is 0 Å². The molecule has 1 aliphatic heterocycles. The van der Waals surface area contributed by atoms with Crippen molar-refractivity contribution in [1.29, 1.82) is 0 Å². The van der Waals surface area contributed by atoms with Gasteiger partial charge in [0.25, 0.3) is 0 Å². The van der Waals surface area contributed by atoms with Crippen LogP contribution in [-0.4, -0.2) is 47.9 Å². The normalized spacial score (nSPS) is 18.0. The molecule has 0 radical (unpaired) electrons. The summed E-state index contributed by atoms with van der Waals surface area (Å²) in [5.74, 6) is 0.113. The van der Waals surface area contributed by atoms with E-state index in [2.05, 4.69) is 17.9 Å². The Balaban J connectivity index is 1.76. The molecular weight excluding hydrogens is 306 g/mol. The van der Waals surface area contributed by atoms with E-state index in [4.69, 9.17) is 17.3 Å². The fourth-order valence-corrected chi connectivity index (χ4v) is 3.70. The fourth-order valence-electron chi connectivity index (χ4n) is 2.57. The van der Waals surface area contributed by atoms with Crippen LogP contribution in [0.5, 0.6) is 0 Å². The second-order valence-electron chi connectivity index (χ2n) is 5.56. The zero-order valence-corrected chi connectivity index (χ0v) is 14.1. The van der Waals surface area contributed by atoms with Crippen molar-refractivity contribution in [2.75, 3.05) is 26.2 Å². The molecule has 2 N–H and O–H groups in total. The number of hydrogen-bond donors (Lipinski definition) is 1. The predicted molar refractivity (Wildman–Crippen MR) is 88.7 cm³/mol. The van der Waals surface area contributed by atoms with Gasteiger partial charge < -0.3 is 10.6 Å². The minimum atomic E-state index is -0.326. The Morgan fingerprint density at radius 3 is 2.67 bits per heavy atom. The highest BCUT2D eigenvalue weighted by molar-refractivity contribution is 7.16. The zero-order valence-electron chi connectivity index (χ0n) is 12.6. The van der Waals surface area contributed by atoms with Crippen molar-refractivity contribution in [2.45, 2.75) is 38.8 Å². The van der Waals surface area contributed by atoms with E-state index in [-0.39, 0.29) is 11.9 Å². The van der Waals surface area contributed by atoms with Crippen molar-refractivity contribution >= 4 is 28.8 Å². The van der Waals surface area contributed by atoms with Crippen molar-refractivity contribution in [1.82, 2.24) is 9.80 Å². The first-order chi connectivity index (χ1) is 10.1. The van der Waals surface area contributed by atoms with E-state index in [1.165, 1.54) is 4.88 Å². The number of nitrogens with two attached hydrogens (primary N) is 1. The molecule has 0 spiro atoms. The topological polar surface area (TPSA) is 49.6 Å². The lowest BCUT2D eigenvalue weighted by atomic mass is 10.1. The summed E-state index contributed by atoms with van der Waals surface area (Å²) < 4.78 is 0.834. The molecule has 1 saturated heterocycles. The van der Waals surface area contributed by atoms with Crippen LogP contribution in [0.1, 0.15) is 31.1 Å². The Hall–Kier alpha value is -0.620. The van der Waals surface area contributed by atoms with E-state index in [9.17, 15) is 4.79 Å². The number of halogens is 1. The van der Waals surface area contributed by atoms with Gasteiger partial charge in [-0.1, -0.05) is 31.4 Å². The van der Waals surface area contributed by atoms with Crippen LogP contribution >= 0.6 is 22.9 Å². The summed E-state index contributed by atoms with van der Waals surface area (Å²) in [5.41, 5.74) is 5.98. The first-order valence-electron chi connectivity index (χ1n) is 7.61. The van der Waals surface area contributed by atoms with Crippen LogP contribution in [0.4, 0.5) is 0 Å². The molecule has 21 heavy (non-hydrogen) atoms. The lowest BCUT2D eigenvalue weighted by Crippen LogP contribution is -2.52. The van der Waals surface area contributed by atoms with Gasteiger partial charge >= 0.3 is 0 Å². The molecule has 2 heterocycles. The van der Waals surface area contributed by atoms with Crippen molar-refractivity contribution in [3.05, 3.63) is 21.3 Å². The molecule has 1 atom stereocenters. The highest BCUT2D eigenvalue weighted by Crippen LogP contribution is 2.23. The molecule has 1 aromatic rings. The molecule has 0 bridgehead atoms. The number of carbonyl (C=O) groups excluding carboxylic acids is 1. The Bertz CT molecular complexity index is 458. The van der Waals surface area contributed by atoms with Gasteiger partial charge in [-0.25, -0.2) is 0 Å². The van der Waals surface area contributed by atoms with E-state index in [0.717, 1.165) is 56.3 Å². The molecule has 4 nitrogen and oxygen atoms in total. The minimum Gasteiger partial charge on any atom is -0.339 e. The third-order valence-corrected chi connectivity index (χ3v) is 5.09. The maximum absolute atomic E-state index is 12.2. The van der Waals surface area contributed by atoms with E-state index in [1.54, 1.807) is 11.3 Å². The van der Waals surface area contributed by atoms with Gasteiger partial charge in [0.15, 0.2) is 0 Å². The van der Waals surface area contributed by atoms with Gasteiger partial charge in [0, 0.05) is 37.6 Å². The third kappa shape index (κ3) is 4.95. The molecule has 2 rings (SSSR count). The number of amides is 1. The number of piperazine rings is 1. The summed E-state index contributed by atoms with van der Waals surface area (Å²) in [6.07, 6.45) is 2.90. The quantitative estimate of drug-likeness (QED) is 0.872. The number of nitrogens with zero attached hydrogens (tertiary/aromatic N) is 2. The van der Waals surface area contributed by atoms with E-state index in [0.29, 0.717) is 0 Å². The summed E-state index contributed by atoms with van der Waals surface area (Å²) >= 11 is 7.58. The molecule has 1 aromatic heterocycles. The summed E-state index contributed by atoms with van der Waals surface area (Å²) in [6.45, 7) is 6.40. The van der Waals surface area contributed by atoms with Crippen molar-refractivity contribution in [2.24, 2.45) is 5.73 Å². The van der Waals surface area contributed by atoms with Crippen LogP contribution < -0.4 is 5.73 Å². The summed E-state index contributed by atoms with van der Waals surface area (Å²) in [6, 6.07) is 3.69. The van der Waals surface area contributed by atoms with Crippen LogP contribution in [0.15, 0.2) is 12.1 Å². The summed E-state index contributed by atoms with van der Waals surface area (Å²) in [7, 11) is 0. The van der Waals surface area contributed by atoms with Crippen LogP contribution in [0.3, 0.4) is 0 Å². The van der Waals surface area contributed by atoms with Crippen LogP contribution in [0.2, 0.25) is 4.34 Å². The Kier molecular flexibility index (Phi) is 6.48. The lowest BCUT2D eigenvalue weighted by molar-refractivity contribution is -0.134. The fraction of sp³-hybridized carbons (Fsp3) is 0.667. The molecule has 1 amide bonds. The second-order valence-corrected chi connectivity index (χ2v) is 7.36. The van der Waals surface area contributed by atoms with Gasteiger partial charge in [-0.15, -0.1) is 11.3 Å². The molecular formula is C15H24ClN3OS. The largest absolute Gasteiger partial charge is 0.339 e. The van der Waals surface area contributed by atoms with E-state index < -0.39 is 0 Å². The lowest BCUT2D eigenvalue weighted by Gasteiger charge is -2.35. The zero-order chi connectivity index (χ0) is 15.2. The number of rotatable bonds is 6. The Morgan fingerprint density at radius 1 is 1.38 bits per heavy atom. The second kappa shape index (κ2) is 8.13. The van der Waals surface area contributed by atoms with Gasteiger partial charge in [0.05, 0.1) is 10.4 Å². The molecule has 118 valence electrons. The Morgan fingerprint density at radius 2 is 2.10 bits per heavy atom. The number of thiophene rings is 1. The first-order valence-corrected chi connectivity index (χ1v) is 8.80. The average Bonchev–Trinajstić information content (AvgIpc) is 2.90. The van der Waals surface area contributed by atoms with Crippen molar-refractivity contribution in [3.63, 3.8) is 0 Å². The highest BCUT2D eigenvalue weighted by atomic mass is 35.5. The average molecular weight is 330 g/mol. The van der Waals surface area contributed by atoms with E-state index >= 15 is 0 Å². The number of hydrogen-bond acceptors (Lipinski definition) is 4. The smallest absolute Gasteiger partial charge is 0.239 e. The van der Waals surface area contributed by atoms with Gasteiger partial charge in [0.1, 0.15) is 0 Å². The van der Waals surface area contributed by atoms with Crippen LogP contribution in [-0.2, 0) is 11.3 Å². The molecule has 1 fully saturated rings. The number of unbranched alkanes of at least 4 members (excludes halogenated alkanes) is 1.